The van der Waals surface area contributed by atoms with Crippen molar-refractivity contribution in [3.63, 3.8) is 0 Å². The molecule has 1 aromatic heterocycles. The molecular weight excluding hydrogens is 1320 g/mol. The van der Waals surface area contributed by atoms with E-state index in [2.05, 4.69) is 47.2 Å². The third kappa shape index (κ3) is 23.5. The zero-order chi connectivity index (χ0) is 73.3. The SMILES string of the molecule is COc1ccc(C(=O)CC[C@@H](NC(=O)[C@H](Cc2ccc(O)cc2)NC(=O)[C@H](CO)NC(=O)[C@@H](Cc2cccnc2)NC(=O)[C@@H](Cc2ccc(Cl)cc2)NC(=O)[C@H]2CCCN2C(C)=O)C(=O)N(C)[C@@H](CC(C)C)C(=O)N[C@@H](CCCN=C(N)N)C(=O)N2CCC[C@@H]2C(=O)N[C@H](C)C(=O)O)cc1. The van der Waals surface area contributed by atoms with Crippen LogP contribution < -0.4 is 53.4 Å². The second kappa shape index (κ2) is 38.2. The van der Waals surface area contributed by atoms with Crippen LogP contribution in [0.25, 0.3) is 0 Å². The third-order valence-corrected chi connectivity index (χ3v) is 17.4. The molecule has 0 bridgehead atoms. The monoisotopic (exact) mass is 1410 g/mol. The number of aliphatic imine (C=N–C) groups is 1. The number of nitrogens with one attached hydrogen (secondary N) is 7. The van der Waals surface area contributed by atoms with E-state index in [0.717, 1.165) is 4.90 Å². The number of aliphatic hydroxyl groups is 1. The number of likely N-dealkylation sites (N-methyl/N-ethyl adjacent to an activating group) is 1. The number of pyridine rings is 1. The minimum Gasteiger partial charge on any atom is -0.508 e. The number of carbonyl (C=O) groups is 12. The van der Waals surface area contributed by atoms with Crippen molar-refractivity contribution in [2.75, 3.05) is 40.4 Å². The number of phenols is 1. The van der Waals surface area contributed by atoms with Gasteiger partial charge in [0.25, 0.3) is 0 Å². The number of phenolic OH excluding ortho intramolecular Hbond substituents is 1. The summed E-state index contributed by atoms with van der Waals surface area (Å²) in [5.74, 6) is -10.1. The fourth-order valence-corrected chi connectivity index (χ4v) is 11.8. The van der Waals surface area contributed by atoms with Crippen molar-refractivity contribution in [1.29, 1.82) is 0 Å². The van der Waals surface area contributed by atoms with Gasteiger partial charge in [0.15, 0.2) is 11.7 Å². The summed E-state index contributed by atoms with van der Waals surface area (Å²) in [4.78, 5) is 181. The summed E-state index contributed by atoms with van der Waals surface area (Å²) in [6, 6.07) is 7.32. The van der Waals surface area contributed by atoms with Crippen LogP contribution in [0, 0.1) is 5.92 Å². The number of nitrogens with two attached hydrogens (primary N) is 2. The van der Waals surface area contributed by atoms with E-state index < -0.39 is 138 Å². The number of amides is 10. The molecule has 10 atom stereocenters. The number of carboxylic acid groups (broad SMARTS) is 1. The molecule has 10 amide bonds. The van der Waals surface area contributed by atoms with E-state index in [1.54, 1.807) is 62.4 Å². The van der Waals surface area contributed by atoms with Crippen LogP contribution in [0.4, 0.5) is 0 Å². The van der Waals surface area contributed by atoms with Crippen molar-refractivity contribution in [2.24, 2.45) is 22.4 Å². The average Bonchev–Trinajstić information content (AvgIpc) is 1.46. The summed E-state index contributed by atoms with van der Waals surface area (Å²) in [6.45, 7) is 5.52. The van der Waals surface area contributed by atoms with Crippen molar-refractivity contribution < 1.29 is 77.6 Å². The summed E-state index contributed by atoms with van der Waals surface area (Å²) >= 11 is 6.18. The molecule has 0 unspecified atom stereocenters. The number of guanidine groups is 1. The third-order valence-electron chi connectivity index (χ3n) is 17.2. The van der Waals surface area contributed by atoms with Gasteiger partial charge in [0.2, 0.25) is 59.1 Å². The van der Waals surface area contributed by atoms with Crippen molar-refractivity contribution in [2.45, 2.75) is 165 Å². The van der Waals surface area contributed by atoms with Gasteiger partial charge in [-0.2, -0.15) is 0 Å². The quantitative estimate of drug-likeness (QED) is 0.0128. The molecule has 14 N–H and O–H groups in total. The maximum Gasteiger partial charge on any atom is 0.325 e. The van der Waals surface area contributed by atoms with Gasteiger partial charge >= 0.3 is 5.97 Å². The highest BCUT2D eigenvalue weighted by Gasteiger charge is 2.42. The standard InChI is InChI=1S/C69H91ClN14O16/c1-39(2)33-57(65(95)77-49(12-8-30-74-69(71)72)67(97)84-32-10-14-56(84)63(93)75-40(3)68(98)99)82(5)66(96)50(27-28-58(88)45-19-25-48(100-6)26-20-45)76-59(89)51(35-43-17-23-47(87)24-18-43)79-62(92)54(38-85)81-61(91)53(36-44-11-7-29-73-37-44)78-60(90)52(34-42-15-21-46(70)22-16-42)80-64(94)55-13-9-31-83(55)41(4)86/h7,11,15-26,29,37,39-40,49-57,85,87H,8-10,12-14,27-28,30-36,38H2,1-6H3,(H,75,93)(H,76,89)(H,77,95)(H,78,90)(H,79,92)(H,80,94)(H,81,91)(H,98,99)(H4,71,72,74)/t40-,49+,50-,51+,52-,53-,54+,55-,56-,57+/m1/s1. The van der Waals surface area contributed by atoms with E-state index in [0.29, 0.717) is 53.3 Å². The molecule has 540 valence electrons. The number of methoxy groups -OCH3 is 1. The molecular formula is C69H91ClN14O16. The Bertz CT molecular complexity index is 3550. The van der Waals surface area contributed by atoms with Crippen LogP contribution in [0.1, 0.15) is 113 Å². The summed E-state index contributed by atoms with van der Waals surface area (Å²) in [5.41, 5.74) is 12.7. The number of hydrogen-bond acceptors (Lipinski definition) is 17. The molecule has 0 saturated carbocycles. The molecule has 100 heavy (non-hydrogen) atoms. The van der Waals surface area contributed by atoms with Gasteiger partial charge in [-0.3, -0.25) is 67.5 Å². The molecule has 2 fully saturated rings. The van der Waals surface area contributed by atoms with Crippen LogP contribution in [0.5, 0.6) is 11.5 Å². The minimum absolute atomic E-state index is 0.0289. The largest absolute Gasteiger partial charge is 0.508 e. The molecule has 2 aliphatic rings. The zero-order valence-corrected chi connectivity index (χ0v) is 57.6. The van der Waals surface area contributed by atoms with Gasteiger partial charge in [0.05, 0.1) is 13.7 Å². The average molecular weight is 1410 g/mol. The first-order chi connectivity index (χ1) is 47.6. The molecule has 2 aliphatic heterocycles. The molecule has 3 aromatic carbocycles. The Kier molecular flexibility index (Phi) is 30.1. The van der Waals surface area contributed by atoms with Crippen LogP contribution in [-0.2, 0) is 72.0 Å². The molecule has 6 rings (SSSR count). The molecule has 30 nitrogen and oxygen atoms in total. The zero-order valence-electron chi connectivity index (χ0n) is 56.8. The number of benzene rings is 3. The Morgan fingerprint density at radius 3 is 1.72 bits per heavy atom. The van der Waals surface area contributed by atoms with Gasteiger partial charge in [-0.1, -0.05) is 55.8 Å². The number of halogens is 1. The van der Waals surface area contributed by atoms with Crippen molar-refractivity contribution in [1.82, 2.24) is 56.9 Å². The summed E-state index contributed by atoms with van der Waals surface area (Å²) in [7, 11) is 2.74. The number of aromatic hydroxyl groups is 1. The Labute approximate surface area is 584 Å². The first kappa shape index (κ1) is 78.8. The van der Waals surface area contributed by atoms with Crippen LogP contribution >= 0.6 is 11.6 Å². The molecule has 0 spiro atoms. The number of ketones is 1. The van der Waals surface area contributed by atoms with Crippen LogP contribution in [0.3, 0.4) is 0 Å². The van der Waals surface area contributed by atoms with Gasteiger partial charge < -0.3 is 83.4 Å². The molecule has 0 aliphatic carbocycles. The Hall–Kier alpha value is -10.2. The summed E-state index contributed by atoms with van der Waals surface area (Å²) in [5, 5.41) is 49.5. The number of aliphatic carboxylic acids is 1. The number of hydrogen-bond donors (Lipinski definition) is 12. The summed E-state index contributed by atoms with van der Waals surface area (Å²) < 4.78 is 5.26. The fourth-order valence-electron chi connectivity index (χ4n) is 11.7. The van der Waals surface area contributed by atoms with E-state index in [-0.39, 0.29) is 93.6 Å². The first-order valence-corrected chi connectivity index (χ1v) is 33.4. The number of likely N-dealkylation sites (tertiary alicyclic amines) is 2. The molecule has 3 heterocycles. The van der Waals surface area contributed by atoms with Gasteiger partial charge in [-0.05, 0) is 135 Å². The second-order valence-electron chi connectivity index (χ2n) is 25.2. The lowest BCUT2D eigenvalue weighted by Gasteiger charge is -2.34. The number of carbonyl (C=O) groups excluding carboxylic acids is 11. The smallest absolute Gasteiger partial charge is 0.325 e. The maximum absolute atomic E-state index is 15.3. The number of aromatic nitrogens is 1. The van der Waals surface area contributed by atoms with Crippen LogP contribution in [0.2, 0.25) is 5.02 Å². The van der Waals surface area contributed by atoms with Gasteiger partial charge in [0, 0.05) is 82.3 Å². The fraction of sp³-hybridized carbons (Fsp3) is 0.478. The highest BCUT2D eigenvalue weighted by atomic mass is 35.5. The van der Waals surface area contributed by atoms with Crippen molar-refractivity contribution in [3.8, 4) is 11.5 Å². The van der Waals surface area contributed by atoms with Gasteiger partial charge in [-0.25, -0.2) is 0 Å². The maximum atomic E-state index is 15.3. The van der Waals surface area contributed by atoms with Gasteiger partial charge in [-0.15, -0.1) is 0 Å². The number of rotatable bonds is 36. The first-order valence-electron chi connectivity index (χ1n) is 33.0. The number of carboxylic acids is 1. The number of Topliss-reactive ketones (excluding diaryl/α,β-unsaturated/α-hetero) is 1. The topological polar surface area (TPSA) is 446 Å². The number of aliphatic hydroxyl groups excluding tert-OH is 1. The van der Waals surface area contributed by atoms with E-state index in [4.69, 9.17) is 27.8 Å². The second-order valence-corrected chi connectivity index (χ2v) is 25.6. The normalized spacial score (nSPS) is 16.5. The van der Waals surface area contributed by atoms with E-state index in [9.17, 15) is 63.3 Å². The van der Waals surface area contributed by atoms with Gasteiger partial charge in [0.1, 0.15) is 71.9 Å². The molecule has 0 radical (unpaired) electrons. The predicted molar refractivity (Wildman–Crippen MR) is 366 cm³/mol. The number of ether oxygens (including phenoxy) is 1. The van der Waals surface area contributed by atoms with Crippen molar-refractivity contribution >= 4 is 88.4 Å². The van der Waals surface area contributed by atoms with E-state index in [1.807, 2.05) is 0 Å². The van der Waals surface area contributed by atoms with Crippen molar-refractivity contribution in [3.05, 3.63) is 125 Å². The molecule has 2 saturated heterocycles. The minimum atomic E-state index is -1.85. The van der Waals surface area contributed by atoms with Crippen LogP contribution in [0.15, 0.2) is 102 Å². The van der Waals surface area contributed by atoms with Crippen LogP contribution in [-0.4, -0.2) is 213 Å². The lowest BCUT2D eigenvalue weighted by atomic mass is 9.98. The predicted octanol–water partition coefficient (Wildman–Crippen LogP) is 0.559. The highest BCUT2D eigenvalue weighted by molar-refractivity contribution is 6.30. The van der Waals surface area contributed by atoms with E-state index >= 15 is 9.59 Å². The summed E-state index contributed by atoms with van der Waals surface area (Å²) in [6.07, 6.45) is 2.94. The number of nitrogens with zero attached hydrogens (tertiary/aromatic N) is 5. The Morgan fingerprint density at radius 2 is 1.18 bits per heavy atom. The molecule has 4 aromatic rings. The Balaban J connectivity index is 1.30. The lowest BCUT2D eigenvalue weighted by Crippen LogP contribution is -2.61. The highest BCUT2D eigenvalue weighted by Crippen LogP contribution is 2.24. The molecule has 31 heteroatoms. The lowest BCUT2D eigenvalue weighted by molar-refractivity contribution is -0.146. The Morgan fingerprint density at radius 1 is 0.660 bits per heavy atom. The van der Waals surface area contributed by atoms with E-state index in [1.165, 1.54) is 86.6 Å².